The molecule has 0 amide bonds. The van der Waals surface area contributed by atoms with Gasteiger partial charge in [-0.25, -0.2) is 0 Å². The van der Waals surface area contributed by atoms with E-state index in [9.17, 15) is 20.1 Å². The fraction of sp³-hybridized carbons (Fsp3) is 0.154. The van der Waals surface area contributed by atoms with Gasteiger partial charge in [0.25, 0.3) is 0 Å². The van der Waals surface area contributed by atoms with E-state index in [1.807, 2.05) is 0 Å². The predicted octanol–water partition coefficient (Wildman–Crippen LogP) is 0.973. The number of hydrogen-bond acceptors (Lipinski definition) is 4. The molecule has 1 aliphatic carbocycles. The molecule has 0 radical (unpaired) electrons. The molecular formula is C13H12O4. The van der Waals surface area contributed by atoms with Crippen LogP contribution in [0, 0.1) is 0 Å². The molecule has 2 atom stereocenters. The molecule has 0 aliphatic heterocycles. The van der Waals surface area contributed by atoms with Crippen LogP contribution in [0.1, 0.15) is 10.4 Å². The molecule has 0 fully saturated rings. The van der Waals surface area contributed by atoms with Gasteiger partial charge in [0.15, 0.2) is 11.7 Å². The Morgan fingerprint density at radius 1 is 1.24 bits per heavy atom. The number of ketones is 1. The molecule has 0 heterocycles. The maximum absolute atomic E-state index is 12.1. The lowest BCUT2D eigenvalue weighted by Gasteiger charge is -2.30. The number of aliphatic hydroxyl groups is 3. The fourth-order valence-corrected chi connectivity index (χ4v) is 1.72. The average Bonchev–Trinajstić information content (AvgIpc) is 2.36. The quantitative estimate of drug-likeness (QED) is 0.664. The van der Waals surface area contributed by atoms with E-state index >= 15 is 0 Å². The first-order chi connectivity index (χ1) is 8.05. The van der Waals surface area contributed by atoms with E-state index in [0.29, 0.717) is 0 Å². The van der Waals surface area contributed by atoms with Gasteiger partial charge in [0, 0.05) is 5.56 Å². The van der Waals surface area contributed by atoms with Crippen molar-refractivity contribution in [1.82, 2.24) is 0 Å². The van der Waals surface area contributed by atoms with Gasteiger partial charge in [-0.1, -0.05) is 36.4 Å². The highest BCUT2D eigenvalue weighted by Crippen LogP contribution is 2.26. The molecular weight excluding hydrogens is 220 g/mol. The van der Waals surface area contributed by atoms with Crippen LogP contribution in [0.4, 0.5) is 0 Å². The largest absolute Gasteiger partial charge is 0.509 e. The van der Waals surface area contributed by atoms with Gasteiger partial charge in [-0.05, 0) is 12.2 Å². The lowest BCUT2D eigenvalue weighted by Crippen LogP contribution is -2.49. The summed E-state index contributed by atoms with van der Waals surface area (Å²) in [5, 5.41) is 29.2. The van der Waals surface area contributed by atoms with Gasteiger partial charge in [0.1, 0.15) is 5.76 Å². The first-order valence-corrected chi connectivity index (χ1v) is 5.14. The van der Waals surface area contributed by atoms with E-state index in [1.54, 1.807) is 18.2 Å². The summed E-state index contributed by atoms with van der Waals surface area (Å²) in [7, 11) is 0. The third-order valence-electron chi connectivity index (χ3n) is 2.71. The number of carbonyl (C=O) groups excluding carboxylic acids is 1. The minimum absolute atomic E-state index is 0.272. The summed E-state index contributed by atoms with van der Waals surface area (Å²) in [5.74, 6) is -1.08. The Hall–Kier alpha value is -1.91. The molecule has 0 spiro atoms. The van der Waals surface area contributed by atoms with Crippen molar-refractivity contribution in [3.8, 4) is 0 Å². The number of benzene rings is 1. The predicted molar refractivity (Wildman–Crippen MR) is 61.6 cm³/mol. The molecule has 88 valence electrons. The maximum atomic E-state index is 12.1. The fourth-order valence-electron chi connectivity index (χ4n) is 1.72. The Labute approximate surface area is 98.1 Å². The van der Waals surface area contributed by atoms with Crippen molar-refractivity contribution in [3.63, 3.8) is 0 Å². The highest BCUT2D eigenvalue weighted by molar-refractivity contribution is 6.04. The summed E-state index contributed by atoms with van der Waals surface area (Å²) in [6, 6.07) is 8.13. The first-order valence-electron chi connectivity index (χ1n) is 5.14. The van der Waals surface area contributed by atoms with E-state index in [-0.39, 0.29) is 5.56 Å². The standard InChI is InChI=1S/C13H12O4/c14-10-7-4-8-13(17,12(10)16)11(15)9-5-2-1-3-6-9/h1-8,12,14,16-17H. The van der Waals surface area contributed by atoms with E-state index < -0.39 is 23.2 Å². The van der Waals surface area contributed by atoms with Gasteiger partial charge in [-0.2, -0.15) is 0 Å². The SMILES string of the molecule is O=C(c1ccccc1)C1(O)C=CC=C(O)C1O. The normalized spacial score (nSPS) is 27.6. The number of allylic oxidation sites excluding steroid dienone is 2. The highest BCUT2D eigenvalue weighted by Gasteiger charge is 2.44. The van der Waals surface area contributed by atoms with Crippen molar-refractivity contribution in [2.45, 2.75) is 11.7 Å². The Morgan fingerprint density at radius 2 is 1.88 bits per heavy atom. The summed E-state index contributed by atoms with van der Waals surface area (Å²) in [6.45, 7) is 0. The lowest BCUT2D eigenvalue weighted by molar-refractivity contribution is -0.0228. The molecule has 1 aromatic carbocycles. The Morgan fingerprint density at radius 3 is 2.53 bits per heavy atom. The van der Waals surface area contributed by atoms with Crippen LogP contribution in [0.15, 0.2) is 54.3 Å². The van der Waals surface area contributed by atoms with Crippen molar-refractivity contribution in [3.05, 3.63) is 59.9 Å². The molecule has 3 N–H and O–H groups in total. The topological polar surface area (TPSA) is 77.8 Å². The second kappa shape index (κ2) is 4.16. The monoisotopic (exact) mass is 232 g/mol. The molecule has 0 saturated carbocycles. The Bertz CT molecular complexity index is 489. The molecule has 1 aliphatic rings. The summed E-state index contributed by atoms with van der Waals surface area (Å²) >= 11 is 0. The van der Waals surface area contributed by atoms with Crippen molar-refractivity contribution in [2.75, 3.05) is 0 Å². The zero-order chi connectivity index (χ0) is 12.5. The minimum atomic E-state index is -2.11. The maximum Gasteiger partial charge on any atom is 0.201 e. The van der Waals surface area contributed by atoms with Crippen LogP contribution >= 0.6 is 0 Å². The molecule has 17 heavy (non-hydrogen) atoms. The van der Waals surface area contributed by atoms with Gasteiger partial charge in [0.2, 0.25) is 5.78 Å². The van der Waals surface area contributed by atoms with Crippen molar-refractivity contribution in [2.24, 2.45) is 0 Å². The van der Waals surface area contributed by atoms with Crippen LogP contribution in [0.5, 0.6) is 0 Å². The smallest absolute Gasteiger partial charge is 0.201 e. The molecule has 0 aromatic heterocycles. The minimum Gasteiger partial charge on any atom is -0.509 e. The zero-order valence-electron chi connectivity index (χ0n) is 8.95. The summed E-state index contributed by atoms with van der Waals surface area (Å²) in [6.07, 6.45) is 2.10. The zero-order valence-corrected chi connectivity index (χ0v) is 8.95. The van der Waals surface area contributed by atoms with Crippen LogP contribution in [-0.2, 0) is 0 Å². The van der Waals surface area contributed by atoms with Gasteiger partial charge in [-0.3, -0.25) is 4.79 Å². The second-order valence-electron chi connectivity index (χ2n) is 3.87. The Kier molecular flexibility index (Phi) is 2.83. The number of rotatable bonds is 2. The molecule has 1 aromatic rings. The van der Waals surface area contributed by atoms with Gasteiger partial charge in [0.05, 0.1) is 0 Å². The third kappa shape index (κ3) is 1.88. The van der Waals surface area contributed by atoms with E-state index in [0.717, 1.165) is 0 Å². The summed E-state index contributed by atoms with van der Waals surface area (Å²) in [4.78, 5) is 12.1. The molecule has 2 rings (SSSR count). The van der Waals surface area contributed by atoms with Gasteiger partial charge < -0.3 is 15.3 Å². The van der Waals surface area contributed by atoms with Crippen LogP contribution in [0.3, 0.4) is 0 Å². The third-order valence-corrected chi connectivity index (χ3v) is 2.71. The average molecular weight is 232 g/mol. The molecule has 0 saturated heterocycles. The van der Waals surface area contributed by atoms with Crippen LogP contribution in [-0.4, -0.2) is 32.8 Å². The van der Waals surface area contributed by atoms with Crippen LogP contribution in [0.2, 0.25) is 0 Å². The molecule has 4 heteroatoms. The van der Waals surface area contributed by atoms with E-state index in [2.05, 4.69) is 0 Å². The van der Waals surface area contributed by atoms with Crippen LogP contribution < -0.4 is 0 Å². The number of hydrogen-bond donors (Lipinski definition) is 3. The van der Waals surface area contributed by atoms with Crippen molar-refractivity contribution < 1.29 is 20.1 Å². The molecule has 2 unspecified atom stereocenters. The lowest BCUT2D eigenvalue weighted by atomic mass is 9.84. The van der Waals surface area contributed by atoms with Gasteiger partial charge >= 0.3 is 0 Å². The van der Waals surface area contributed by atoms with E-state index in [4.69, 9.17) is 0 Å². The highest BCUT2D eigenvalue weighted by atomic mass is 16.4. The second-order valence-corrected chi connectivity index (χ2v) is 3.87. The number of aliphatic hydroxyl groups excluding tert-OH is 2. The van der Waals surface area contributed by atoms with Crippen molar-refractivity contribution in [1.29, 1.82) is 0 Å². The number of Topliss-reactive ketones (excluding diaryl/α,β-unsaturated/α-hetero) is 1. The van der Waals surface area contributed by atoms with Gasteiger partial charge in [-0.15, -0.1) is 0 Å². The van der Waals surface area contributed by atoms with Crippen molar-refractivity contribution >= 4 is 5.78 Å². The summed E-state index contributed by atoms with van der Waals surface area (Å²) in [5.41, 5.74) is -1.84. The molecule has 4 nitrogen and oxygen atoms in total. The summed E-state index contributed by atoms with van der Waals surface area (Å²) < 4.78 is 0. The number of carbonyl (C=O) groups is 1. The Balaban J connectivity index is 2.38. The molecule has 0 bridgehead atoms. The first kappa shape index (κ1) is 11.6. The van der Waals surface area contributed by atoms with Crippen LogP contribution in [0.25, 0.3) is 0 Å². The van der Waals surface area contributed by atoms with E-state index in [1.165, 1.54) is 30.4 Å².